The third-order valence-corrected chi connectivity index (χ3v) is 6.40. The van der Waals surface area contributed by atoms with Gasteiger partial charge in [0.15, 0.2) is 0 Å². The summed E-state index contributed by atoms with van der Waals surface area (Å²) in [7, 11) is 2.90. The molecule has 1 saturated heterocycles. The van der Waals surface area contributed by atoms with Crippen molar-refractivity contribution in [3.8, 4) is 5.75 Å². The number of ether oxygens (including phenoxy) is 2. The first-order valence-electron chi connectivity index (χ1n) is 9.77. The lowest BCUT2D eigenvalue weighted by Crippen LogP contribution is -2.48. The number of hydrogen-bond donors (Lipinski definition) is 2. The predicted octanol–water partition coefficient (Wildman–Crippen LogP) is 1.71. The normalized spacial score (nSPS) is 14.2. The number of benzene rings is 1. The van der Waals surface area contributed by atoms with Crippen molar-refractivity contribution < 1.29 is 23.9 Å². The summed E-state index contributed by atoms with van der Waals surface area (Å²) < 4.78 is 10.2. The quantitative estimate of drug-likeness (QED) is 0.622. The van der Waals surface area contributed by atoms with Crippen LogP contribution in [-0.2, 0) is 9.53 Å². The fourth-order valence-corrected chi connectivity index (χ4v) is 4.65. The number of hydrogen-bond acceptors (Lipinski definition) is 8. The van der Waals surface area contributed by atoms with Crippen LogP contribution >= 0.6 is 11.3 Å². The minimum atomic E-state index is -0.652. The van der Waals surface area contributed by atoms with Gasteiger partial charge in [0, 0.05) is 26.2 Å². The molecule has 3 rings (SSSR count). The van der Waals surface area contributed by atoms with Crippen LogP contribution in [0.2, 0.25) is 0 Å². The first-order valence-corrected chi connectivity index (χ1v) is 10.6. The Morgan fingerprint density at radius 2 is 1.81 bits per heavy atom. The fraction of sp³-hybridized carbons (Fsp3) is 0.381. The number of nitrogens with two attached hydrogens (primary N) is 1. The first kappa shape index (κ1) is 22.6. The standard InChI is InChI=1S/C21H26N4O5S/c1-13-17(21(28)30-3)20(31-18(13)19(22)27)23-16(26)12-24-8-10-25(11-9-24)14-6-4-5-7-15(14)29-2/h4-7H,8-12H2,1-3H3,(H2,22,27)(H,23,26). The molecule has 2 aromatic rings. The summed E-state index contributed by atoms with van der Waals surface area (Å²) in [5.74, 6) is -0.724. The molecule has 1 aromatic carbocycles. The molecule has 31 heavy (non-hydrogen) atoms. The zero-order chi connectivity index (χ0) is 22.5. The Labute approximate surface area is 184 Å². The Hall–Kier alpha value is -3.11. The van der Waals surface area contributed by atoms with Crippen molar-refractivity contribution in [1.82, 2.24) is 4.90 Å². The Morgan fingerprint density at radius 1 is 1.13 bits per heavy atom. The van der Waals surface area contributed by atoms with Crippen LogP contribution in [0.3, 0.4) is 0 Å². The van der Waals surface area contributed by atoms with Gasteiger partial charge in [0.2, 0.25) is 5.91 Å². The summed E-state index contributed by atoms with van der Waals surface area (Å²) in [6.45, 7) is 4.69. The molecule has 1 aliphatic heterocycles. The van der Waals surface area contributed by atoms with Gasteiger partial charge in [-0.1, -0.05) is 12.1 Å². The third kappa shape index (κ3) is 4.97. The third-order valence-electron chi connectivity index (χ3n) is 5.18. The van der Waals surface area contributed by atoms with E-state index in [-0.39, 0.29) is 27.9 Å². The Morgan fingerprint density at radius 3 is 2.42 bits per heavy atom. The topological polar surface area (TPSA) is 114 Å². The SMILES string of the molecule is COC(=O)c1c(NC(=O)CN2CCN(c3ccccc3OC)CC2)sc(C(N)=O)c1C. The van der Waals surface area contributed by atoms with Gasteiger partial charge in [0.05, 0.1) is 36.9 Å². The molecule has 0 aliphatic carbocycles. The number of nitrogens with zero attached hydrogens (tertiary/aromatic N) is 2. The van der Waals surface area contributed by atoms with Gasteiger partial charge in [0.1, 0.15) is 10.8 Å². The zero-order valence-electron chi connectivity index (χ0n) is 17.8. The number of primary amides is 1. The highest BCUT2D eigenvalue weighted by Crippen LogP contribution is 2.33. The largest absolute Gasteiger partial charge is 0.495 e. The molecule has 166 valence electrons. The number of anilines is 2. The molecular formula is C21H26N4O5S. The van der Waals surface area contributed by atoms with Crippen molar-refractivity contribution >= 4 is 39.8 Å². The van der Waals surface area contributed by atoms with Crippen LogP contribution in [0.4, 0.5) is 10.7 Å². The second kappa shape index (κ2) is 9.80. The molecule has 0 radical (unpaired) electrons. The Bertz CT molecular complexity index is 982. The van der Waals surface area contributed by atoms with Crippen molar-refractivity contribution in [2.24, 2.45) is 5.73 Å². The monoisotopic (exact) mass is 446 g/mol. The highest BCUT2D eigenvalue weighted by atomic mass is 32.1. The van der Waals surface area contributed by atoms with Crippen LogP contribution in [0.1, 0.15) is 25.6 Å². The number of para-hydroxylation sites is 2. The van der Waals surface area contributed by atoms with Crippen molar-refractivity contribution in [2.45, 2.75) is 6.92 Å². The summed E-state index contributed by atoms with van der Waals surface area (Å²) in [6.07, 6.45) is 0. The van der Waals surface area contributed by atoms with E-state index in [0.29, 0.717) is 18.7 Å². The molecule has 1 aliphatic rings. The lowest BCUT2D eigenvalue weighted by molar-refractivity contribution is -0.117. The molecule has 0 atom stereocenters. The lowest BCUT2D eigenvalue weighted by atomic mass is 10.1. The molecule has 1 aromatic heterocycles. The lowest BCUT2D eigenvalue weighted by Gasteiger charge is -2.36. The van der Waals surface area contributed by atoms with E-state index in [0.717, 1.165) is 35.9 Å². The van der Waals surface area contributed by atoms with Gasteiger partial charge < -0.3 is 25.4 Å². The second-order valence-corrected chi connectivity index (χ2v) is 8.12. The minimum Gasteiger partial charge on any atom is -0.495 e. The molecule has 0 unspecified atom stereocenters. The van der Waals surface area contributed by atoms with Gasteiger partial charge in [-0.15, -0.1) is 11.3 Å². The zero-order valence-corrected chi connectivity index (χ0v) is 18.6. The van der Waals surface area contributed by atoms with Gasteiger partial charge in [0.25, 0.3) is 5.91 Å². The Kier molecular flexibility index (Phi) is 7.13. The van der Waals surface area contributed by atoms with Crippen LogP contribution in [0.15, 0.2) is 24.3 Å². The number of nitrogens with one attached hydrogen (secondary N) is 1. The molecule has 3 N–H and O–H groups in total. The van der Waals surface area contributed by atoms with E-state index in [1.54, 1.807) is 14.0 Å². The fourth-order valence-electron chi connectivity index (χ4n) is 3.59. The molecule has 2 amide bonds. The molecule has 0 bridgehead atoms. The van der Waals surface area contributed by atoms with Gasteiger partial charge in [-0.05, 0) is 24.6 Å². The van der Waals surface area contributed by atoms with Gasteiger partial charge in [-0.25, -0.2) is 4.79 Å². The highest BCUT2D eigenvalue weighted by Gasteiger charge is 2.26. The van der Waals surface area contributed by atoms with E-state index in [4.69, 9.17) is 15.2 Å². The number of carbonyl (C=O) groups is 3. The van der Waals surface area contributed by atoms with E-state index in [2.05, 4.69) is 10.2 Å². The molecule has 2 heterocycles. The predicted molar refractivity (Wildman–Crippen MR) is 119 cm³/mol. The molecule has 9 nitrogen and oxygen atoms in total. The summed E-state index contributed by atoms with van der Waals surface area (Å²) in [6, 6.07) is 7.85. The van der Waals surface area contributed by atoms with Gasteiger partial charge >= 0.3 is 5.97 Å². The highest BCUT2D eigenvalue weighted by molar-refractivity contribution is 7.18. The maximum absolute atomic E-state index is 12.6. The number of thiophene rings is 1. The number of carbonyl (C=O) groups excluding carboxylic acids is 3. The van der Waals surface area contributed by atoms with Gasteiger partial charge in [-0.3, -0.25) is 14.5 Å². The molecule has 0 saturated carbocycles. The number of esters is 1. The maximum atomic E-state index is 12.6. The molecule has 10 heteroatoms. The maximum Gasteiger partial charge on any atom is 0.341 e. The van der Waals surface area contributed by atoms with Gasteiger partial charge in [-0.2, -0.15) is 0 Å². The van der Waals surface area contributed by atoms with Crippen LogP contribution in [0.5, 0.6) is 5.75 Å². The number of amides is 2. The summed E-state index contributed by atoms with van der Waals surface area (Å²) in [5.41, 5.74) is 6.99. The van der Waals surface area contributed by atoms with Crippen LogP contribution in [0.25, 0.3) is 0 Å². The smallest absolute Gasteiger partial charge is 0.341 e. The van der Waals surface area contributed by atoms with Crippen molar-refractivity contribution in [2.75, 3.05) is 57.2 Å². The van der Waals surface area contributed by atoms with E-state index in [9.17, 15) is 14.4 Å². The summed E-state index contributed by atoms with van der Waals surface area (Å²) >= 11 is 0.982. The molecule has 0 spiro atoms. The Balaban J connectivity index is 1.63. The summed E-state index contributed by atoms with van der Waals surface area (Å²) in [4.78, 5) is 40.9. The van der Waals surface area contributed by atoms with E-state index in [1.807, 2.05) is 29.2 Å². The average molecular weight is 447 g/mol. The second-order valence-electron chi connectivity index (χ2n) is 7.10. The van der Waals surface area contributed by atoms with Crippen LogP contribution < -0.4 is 20.7 Å². The molecular weight excluding hydrogens is 420 g/mol. The van der Waals surface area contributed by atoms with Crippen LogP contribution in [-0.4, -0.2) is 69.6 Å². The first-order chi connectivity index (χ1) is 14.8. The van der Waals surface area contributed by atoms with Crippen molar-refractivity contribution in [3.05, 3.63) is 40.3 Å². The number of rotatable bonds is 7. The summed E-state index contributed by atoms with van der Waals surface area (Å²) in [5, 5.41) is 3.02. The van der Waals surface area contributed by atoms with Crippen molar-refractivity contribution in [1.29, 1.82) is 0 Å². The average Bonchev–Trinajstić information content (AvgIpc) is 3.09. The van der Waals surface area contributed by atoms with Crippen LogP contribution in [0, 0.1) is 6.92 Å². The van der Waals surface area contributed by atoms with E-state index in [1.165, 1.54) is 7.11 Å². The van der Waals surface area contributed by atoms with Crippen molar-refractivity contribution in [3.63, 3.8) is 0 Å². The minimum absolute atomic E-state index is 0.163. The van der Waals surface area contributed by atoms with E-state index < -0.39 is 11.9 Å². The molecule has 1 fully saturated rings. The van der Waals surface area contributed by atoms with E-state index >= 15 is 0 Å². The number of piperazine rings is 1. The number of methoxy groups -OCH3 is 2.